The zero-order valence-corrected chi connectivity index (χ0v) is 14.5. The third-order valence-electron chi connectivity index (χ3n) is 4.05. The Bertz CT molecular complexity index is 571. The first-order valence-electron chi connectivity index (χ1n) is 6.68. The topological polar surface area (TPSA) is 60.2 Å². The van der Waals surface area contributed by atoms with Gasteiger partial charge in [-0.2, -0.15) is 0 Å². The van der Waals surface area contributed by atoms with Gasteiger partial charge in [0, 0.05) is 21.8 Å². The number of benzene rings is 1. The molecule has 6 heteroatoms. The molecule has 20 heavy (non-hydrogen) atoms. The van der Waals surface area contributed by atoms with Gasteiger partial charge in [-0.1, -0.05) is 34.0 Å². The van der Waals surface area contributed by atoms with Gasteiger partial charge in [-0.25, -0.2) is 8.42 Å². The van der Waals surface area contributed by atoms with Crippen LogP contribution in [0.1, 0.15) is 37.3 Å². The molecule has 0 spiro atoms. The van der Waals surface area contributed by atoms with E-state index in [0.717, 1.165) is 29.3 Å². The lowest BCUT2D eigenvalue weighted by Crippen LogP contribution is -2.33. The highest BCUT2D eigenvalue weighted by atomic mass is 79.9. The molecule has 2 N–H and O–H groups in total. The highest BCUT2D eigenvalue weighted by Gasteiger charge is 2.32. The van der Waals surface area contributed by atoms with Gasteiger partial charge in [-0.05, 0) is 48.9 Å². The van der Waals surface area contributed by atoms with Crippen molar-refractivity contribution in [2.24, 2.45) is 11.7 Å². The Labute approximate surface area is 133 Å². The van der Waals surface area contributed by atoms with Crippen LogP contribution >= 0.6 is 27.5 Å². The molecule has 2 rings (SSSR count). The Hall–Kier alpha value is -0.100. The van der Waals surface area contributed by atoms with Gasteiger partial charge >= 0.3 is 0 Å². The maximum absolute atomic E-state index is 11.7. The lowest BCUT2D eigenvalue weighted by atomic mass is 9.81. The van der Waals surface area contributed by atoms with Gasteiger partial charge in [0.1, 0.15) is 9.84 Å². The van der Waals surface area contributed by atoms with Crippen molar-refractivity contribution in [3.8, 4) is 0 Å². The molecule has 0 aromatic heterocycles. The average molecular weight is 381 g/mol. The fourth-order valence-corrected chi connectivity index (χ4v) is 5.01. The SMILES string of the molecule is CS(=O)(=O)C1CCCC(C(N)c2cc(Cl)cc(Br)c2)C1. The highest BCUT2D eigenvalue weighted by molar-refractivity contribution is 9.10. The Kier molecular flexibility index (Phi) is 5.16. The zero-order valence-electron chi connectivity index (χ0n) is 11.4. The normalized spacial score (nSPS) is 25.4. The minimum atomic E-state index is -2.98. The van der Waals surface area contributed by atoms with E-state index in [9.17, 15) is 8.42 Å². The predicted octanol–water partition coefficient (Wildman–Crippen LogP) is 3.71. The lowest BCUT2D eigenvalue weighted by molar-refractivity contribution is 0.309. The van der Waals surface area contributed by atoms with Gasteiger partial charge in [-0.3, -0.25) is 0 Å². The van der Waals surface area contributed by atoms with Crippen molar-refractivity contribution < 1.29 is 8.42 Å². The summed E-state index contributed by atoms with van der Waals surface area (Å²) in [5.41, 5.74) is 7.30. The Morgan fingerprint density at radius 1 is 1.35 bits per heavy atom. The number of hydrogen-bond donors (Lipinski definition) is 1. The summed E-state index contributed by atoms with van der Waals surface area (Å²) in [5.74, 6) is 0.189. The maximum Gasteiger partial charge on any atom is 0.150 e. The number of hydrogen-bond acceptors (Lipinski definition) is 3. The molecule has 3 unspecified atom stereocenters. The molecule has 0 radical (unpaired) electrons. The van der Waals surface area contributed by atoms with Crippen molar-refractivity contribution >= 4 is 37.4 Å². The fourth-order valence-electron chi connectivity index (χ4n) is 2.94. The second-order valence-electron chi connectivity index (χ2n) is 5.61. The average Bonchev–Trinajstić information content (AvgIpc) is 2.36. The summed E-state index contributed by atoms with van der Waals surface area (Å²) >= 11 is 9.47. The second kappa shape index (κ2) is 6.34. The summed E-state index contributed by atoms with van der Waals surface area (Å²) < 4.78 is 24.4. The molecule has 1 fully saturated rings. The molecule has 1 saturated carbocycles. The molecule has 0 heterocycles. The summed E-state index contributed by atoms with van der Waals surface area (Å²) in [4.78, 5) is 0. The summed E-state index contributed by atoms with van der Waals surface area (Å²) in [6, 6.07) is 5.47. The molecule has 0 amide bonds. The molecule has 1 aromatic carbocycles. The molecule has 3 nitrogen and oxygen atoms in total. The lowest BCUT2D eigenvalue weighted by Gasteiger charge is -2.32. The third kappa shape index (κ3) is 3.97. The maximum atomic E-state index is 11.7. The first kappa shape index (κ1) is 16.3. The van der Waals surface area contributed by atoms with E-state index in [-0.39, 0.29) is 17.2 Å². The van der Waals surface area contributed by atoms with Crippen LogP contribution in [0.4, 0.5) is 0 Å². The third-order valence-corrected chi connectivity index (χ3v) is 6.37. The van der Waals surface area contributed by atoms with Crippen molar-refractivity contribution in [1.82, 2.24) is 0 Å². The van der Waals surface area contributed by atoms with Gasteiger partial charge in [0.2, 0.25) is 0 Å². The van der Waals surface area contributed by atoms with Crippen molar-refractivity contribution in [1.29, 1.82) is 0 Å². The smallest absolute Gasteiger partial charge is 0.150 e. The van der Waals surface area contributed by atoms with Crippen LogP contribution in [-0.4, -0.2) is 19.9 Å². The minimum absolute atomic E-state index is 0.172. The van der Waals surface area contributed by atoms with E-state index in [1.54, 1.807) is 0 Å². The molecule has 112 valence electrons. The van der Waals surface area contributed by atoms with Crippen LogP contribution < -0.4 is 5.73 Å². The van der Waals surface area contributed by atoms with Crippen LogP contribution in [0.5, 0.6) is 0 Å². The van der Waals surface area contributed by atoms with E-state index in [4.69, 9.17) is 17.3 Å². The molecule has 1 aliphatic rings. The fraction of sp³-hybridized carbons (Fsp3) is 0.571. The van der Waals surface area contributed by atoms with E-state index in [1.165, 1.54) is 6.26 Å². The van der Waals surface area contributed by atoms with Gasteiger partial charge < -0.3 is 5.73 Å². The van der Waals surface area contributed by atoms with Gasteiger partial charge in [0.25, 0.3) is 0 Å². The predicted molar refractivity (Wildman–Crippen MR) is 86.7 cm³/mol. The molecule has 1 aliphatic carbocycles. The minimum Gasteiger partial charge on any atom is -0.324 e. The van der Waals surface area contributed by atoms with E-state index in [1.807, 2.05) is 18.2 Å². The van der Waals surface area contributed by atoms with E-state index >= 15 is 0 Å². The second-order valence-corrected chi connectivity index (χ2v) is 9.28. The Morgan fingerprint density at radius 3 is 2.65 bits per heavy atom. The van der Waals surface area contributed by atoms with E-state index < -0.39 is 9.84 Å². The number of halogens is 2. The molecule has 1 aromatic rings. The van der Waals surface area contributed by atoms with Crippen LogP contribution in [0.2, 0.25) is 5.02 Å². The Morgan fingerprint density at radius 2 is 2.05 bits per heavy atom. The zero-order chi connectivity index (χ0) is 14.9. The van der Waals surface area contributed by atoms with E-state index in [0.29, 0.717) is 11.4 Å². The van der Waals surface area contributed by atoms with Crippen molar-refractivity contribution in [2.45, 2.75) is 37.0 Å². The number of rotatable bonds is 3. The van der Waals surface area contributed by atoms with Crippen LogP contribution in [0, 0.1) is 5.92 Å². The largest absolute Gasteiger partial charge is 0.324 e. The van der Waals surface area contributed by atoms with Crippen LogP contribution in [0.15, 0.2) is 22.7 Å². The van der Waals surface area contributed by atoms with Gasteiger partial charge in [0.15, 0.2) is 0 Å². The summed E-state index contributed by atoms with van der Waals surface area (Å²) in [5, 5.41) is 0.384. The van der Waals surface area contributed by atoms with Crippen molar-refractivity contribution in [2.75, 3.05) is 6.26 Å². The number of sulfone groups is 1. The molecule has 0 saturated heterocycles. The first-order chi connectivity index (χ1) is 9.27. The standard InChI is InChI=1S/C14H19BrClNO2S/c1-20(18,19)13-4-2-3-9(7-13)14(17)10-5-11(15)8-12(16)6-10/h5-6,8-9,13-14H,2-4,7,17H2,1H3. The molecular weight excluding hydrogens is 362 g/mol. The Balaban J connectivity index is 2.18. The van der Waals surface area contributed by atoms with Crippen LogP contribution in [0.25, 0.3) is 0 Å². The van der Waals surface area contributed by atoms with Crippen LogP contribution in [0.3, 0.4) is 0 Å². The summed E-state index contributed by atoms with van der Waals surface area (Å²) in [7, 11) is -2.98. The van der Waals surface area contributed by atoms with Crippen LogP contribution in [-0.2, 0) is 9.84 Å². The van der Waals surface area contributed by atoms with Crippen molar-refractivity contribution in [3.63, 3.8) is 0 Å². The molecule has 3 atom stereocenters. The molecular formula is C14H19BrClNO2S. The summed E-state index contributed by atoms with van der Waals surface area (Å²) in [6.07, 6.45) is 4.60. The highest BCUT2D eigenvalue weighted by Crippen LogP contribution is 2.36. The monoisotopic (exact) mass is 379 g/mol. The quantitative estimate of drug-likeness (QED) is 0.869. The number of nitrogens with two attached hydrogens (primary N) is 1. The van der Waals surface area contributed by atoms with Gasteiger partial charge in [0.05, 0.1) is 5.25 Å². The molecule has 0 bridgehead atoms. The van der Waals surface area contributed by atoms with E-state index in [2.05, 4.69) is 15.9 Å². The molecule has 0 aliphatic heterocycles. The van der Waals surface area contributed by atoms with Gasteiger partial charge in [-0.15, -0.1) is 0 Å². The summed E-state index contributed by atoms with van der Waals surface area (Å²) in [6.45, 7) is 0. The first-order valence-corrected chi connectivity index (χ1v) is 9.80. The van der Waals surface area contributed by atoms with Crippen molar-refractivity contribution in [3.05, 3.63) is 33.3 Å².